The number of hydrogen-bond acceptors (Lipinski definition) is 5. The van der Waals surface area contributed by atoms with Gasteiger partial charge in [0.1, 0.15) is 5.82 Å². The van der Waals surface area contributed by atoms with Crippen LogP contribution in [0.25, 0.3) is 0 Å². The third kappa shape index (κ3) is 4.68. The van der Waals surface area contributed by atoms with Crippen LogP contribution >= 0.6 is 11.6 Å². The van der Waals surface area contributed by atoms with Crippen LogP contribution in [0.2, 0.25) is 5.02 Å². The third-order valence-electron chi connectivity index (χ3n) is 4.55. The zero-order valence-electron chi connectivity index (χ0n) is 16.2. The number of rotatable bonds is 4. The summed E-state index contributed by atoms with van der Waals surface area (Å²) in [4.78, 5) is 40.2. The molecule has 0 radical (unpaired) electrons. The van der Waals surface area contributed by atoms with Gasteiger partial charge in [0, 0.05) is 39.3 Å². The quantitative estimate of drug-likeness (QED) is 0.819. The van der Waals surface area contributed by atoms with E-state index in [-0.39, 0.29) is 23.6 Å². The van der Waals surface area contributed by atoms with Gasteiger partial charge in [-0.15, -0.1) is 0 Å². The lowest BCUT2D eigenvalue weighted by Crippen LogP contribution is -2.50. The van der Waals surface area contributed by atoms with Crippen LogP contribution in [0, 0.1) is 0 Å². The molecular formula is C19H22ClN5O4. The molecule has 0 atom stereocenters. The number of carbonyl (C=O) groups is 3. The molecule has 0 unspecified atom stereocenters. The van der Waals surface area contributed by atoms with Gasteiger partial charge in [-0.3, -0.25) is 14.3 Å². The molecule has 0 saturated carbocycles. The van der Waals surface area contributed by atoms with Gasteiger partial charge >= 0.3 is 6.09 Å². The standard InChI is InChI=1S/C19H22ClN5O4/c1-3-29-19(28)25-10-8-24(9-11-25)18(27)15-12-16(23(2)22-15)21-17(26)13-6-4-5-7-14(13)20/h4-7,12H,3,8-11H2,1-2H3,(H,21,26). The van der Waals surface area contributed by atoms with E-state index in [9.17, 15) is 14.4 Å². The molecule has 3 amide bonds. The molecular weight excluding hydrogens is 398 g/mol. The van der Waals surface area contributed by atoms with Crippen molar-refractivity contribution in [1.29, 1.82) is 0 Å². The first kappa shape index (κ1) is 20.7. The fraction of sp³-hybridized carbons (Fsp3) is 0.368. The number of hydrogen-bond donors (Lipinski definition) is 1. The van der Waals surface area contributed by atoms with Gasteiger partial charge in [0.2, 0.25) is 0 Å². The van der Waals surface area contributed by atoms with Gasteiger partial charge < -0.3 is 19.9 Å². The Bertz CT molecular complexity index is 921. The van der Waals surface area contributed by atoms with Gasteiger partial charge in [0.05, 0.1) is 17.2 Å². The minimum absolute atomic E-state index is 0.214. The summed E-state index contributed by atoms with van der Waals surface area (Å²) in [5.74, 6) is -0.272. The van der Waals surface area contributed by atoms with Crippen molar-refractivity contribution in [3.05, 3.63) is 46.6 Å². The van der Waals surface area contributed by atoms with Crippen molar-refractivity contribution in [3.63, 3.8) is 0 Å². The van der Waals surface area contributed by atoms with Gasteiger partial charge in [-0.1, -0.05) is 23.7 Å². The Morgan fingerprint density at radius 3 is 2.45 bits per heavy atom. The van der Waals surface area contributed by atoms with Crippen LogP contribution in [0.4, 0.5) is 10.6 Å². The van der Waals surface area contributed by atoms with E-state index in [0.717, 1.165) is 0 Å². The summed E-state index contributed by atoms with van der Waals surface area (Å²) in [6, 6.07) is 8.22. The van der Waals surface area contributed by atoms with Crippen molar-refractivity contribution in [2.75, 3.05) is 38.1 Å². The number of aryl methyl sites for hydroxylation is 1. The molecule has 1 aromatic heterocycles. The Morgan fingerprint density at radius 2 is 1.79 bits per heavy atom. The van der Waals surface area contributed by atoms with E-state index in [1.165, 1.54) is 10.7 Å². The summed E-state index contributed by atoms with van der Waals surface area (Å²) in [6.07, 6.45) is -0.373. The average Bonchev–Trinajstić information content (AvgIpc) is 3.08. The Morgan fingerprint density at radius 1 is 1.14 bits per heavy atom. The topological polar surface area (TPSA) is 96.8 Å². The average molecular weight is 420 g/mol. The number of halogens is 1. The highest BCUT2D eigenvalue weighted by Crippen LogP contribution is 2.18. The number of piperazine rings is 1. The maximum Gasteiger partial charge on any atom is 0.409 e. The van der Waals surface area contributed by atoms with E-state index in [2.05, 4.69) is 10.4 Å². The summed E-state index contributed by atoms with van der Waals surface area (Å²) >= 11 is 6.06. The number of amides is 3. The Hall–Kier alpha value is -3.07. The Balaban J connectivity index is 1.64. The van der Waals surface area contributed by atoms with E-state index in [4.69, 9.17) is 16.3 Å². The summed E-state index contributed by atoms with van der Waals surface area (Å²) < 4.78 is 6.41. The lowest BCUT2D eigenvalue weighted by molar-refractivity contribution is 0.0565. The highest BCUT2D eigenvalue weighted by Gasteiger charge is 2.27. The molecule has 1 aliphatic heterocycles. The van der Waals surface area contributed by atoms with Crippen molar-refractivity contribution < 1.29 is 19.1 Å². The number of aromatic nitrogens is 2. The number of ether oxygens (including phenoxy) is 1. The monoisotopic (exact) mass is 419 g/mol. The first-order valence-corrected chi connectivity index (χ1v) is 9.59. The highest BCUT2D eigenvalue weighted by atomic mass is 35.5. The zero-order chi connectivity index (χ0) is 21.0. The number of nitrogens with zero attached hydrogens (tertiary/aromatic N) is 4. The van der Waals surface area contributed by atoms with Crippen LogP contribution in [0.5, 0.6) is 0 Å². The highest BCUT2D eigenvalue weighted by molar-refractivity contribution is 6.34. The number of anilines is 1. The van der Waals surface area contributed by atoms with Crippen LogP contribution in [0.15, 0.2) is 30.3 Å². The molecule has 3 rings (SSSR count). The molecule has 29 heavy (non-hydrogen) atoms. The van der Waals surface area contributed by atoms with Gasteiger partial charge in [-0.25, -0.2) is 4.79 Å². The van der Waals surface area contributed by atoms with E-state index >= 15 is 0 Å². The van der Waals surface area contributed by atoms with E-state index in [1.54, 1.807) is 48.0 Å². The smallest absolute Gasteiger partial charge is 0.409 e. The lowest BCUT2D eigenvalue weighted by atomic mass is 10.2. The summed E-state index contributed by atoms with van der Waals surface area (Å²) in [5.41, 5.74) is 0.546. The molecule has 154 valence electrons. The second-order valence-electron chi connectivity index (χ2n) is 6.45. The fourth-order valence-electron chi connectivity index (χ4n) is 2.99. The third-order valence-corrected chi connectivity index (χ3v) is 4.88. The molecule has 9 nitrogen and oxygen atoms in total. The summed E-state index contributed by atoms with van der Waals surface area (Å²) in [7, 11) is 1.64. The second-order valence-corrected chi connectivity index (χ2v) is 6.86. The Kier molecular flexibility index (Phi) is 6.38. The lowest BCUT2D eigenvalue weighted by Gasteiger charge is -2.33. The van der Waals surface area contributed by atoms with E-state index < -0.39 is 0 Å². The normalized spacial score (nSPS) is 13.9. The minimum Gasteiger partial charge on any atom is -0.450 e. The molecule has 0 aliphatic carbocycles. The molecule has 1 aliphatic rings. The molecule has 1 N–H and O–H groups in total. The van der Waals surface area contributed by atoms with Crippen LogP contribution in [-0.4, -0.2) is 70.3 Å². The molecule has 10 heteroatoms. The second kappa shape index (κ2) is 8.95. The largest absolute Gasteiger partial charge is 0.450 e. The van der Waals surface area contributed by atoms with E-state index in [1.807, 2.05) is 0 Å². The van der Waals surface area contributed by atoms with Crippen LogP contribution in [-0.2, 0) is 11.8 Å². The van der Waals surface area contributed by atoms with Crippen LogP contribution in [0.3, 0.4) is 0 Å². The van der Waals surface area contributed by atoms with Crippen molar-refractivity contribution >= 4 is 35.3 Å². The molecule has 1 saturated heterocycles. The molecule has 2 aromatic rings. The van der Waals surface area contributed by atoms with Crippen LogP contribution < -0.4 is 5.32 Å². The first-order chi connectivity index (χ1) is 13.9. The summed E-state index contributed by atoms with van der Waals surface area (Å²) in [6.45, 7) is 3.63. The maximum atomic E-state index is 12.8. The zero-order valence-corrected chi connectivity index (χ0v) is 17.0. The first-order valence-electron chi connectivity index (χ1n) is 9.21. The number of benzene rings is 1. The molecule has 1 fully saturated rings. The molecule has 0 bridgehead atoms. The minimum atomic E-state index is -0.388. The van der Waals surface area contributed by atoms with Gasteiger partial charge in [0.25, 0.3) is 11.8 Å². The fourth-order valence-corrected chi connectivity index (χ4v) is 3.21. The number of carbonyl (C=O) groups excluding carboxylic acids is 3. The SMILES string of the molecule is CCOC(=O)N1CCN(C(=O)c2cc(NC(=O)c3ccccc3Cl)n(C)n2)CC1. The number of nitrogens with one attached hydrogen (secondary N) is 1. The molecule has 2 heterocycles. The van der Waals surface area contributed by atoms with Gasteiger partial charge in [0.15, 0.2) is 5.69 Å². The van der Waals surface area contributed by atoms with E-state index in [0.29, 0.717) is 49.2 Å². The van der Waals surface area contributed by atoms with Gasteiger partial charge in [-0.05, 0) is 19.1 Å². The predicted molar refractivity (Wildman–Crippen MR) is 107 cm³/mol. The molecule has 1 aromatic carbocycles. The predicted octanol–water partition coefficient (Wildman–Crippen LogP) is 2.24. The van der Waals surface area contributed by atoms with Crippen molar-refractivity contribution in [2.24, 2.45) is 7.05 Å². The van der Waals surface area contributed by atoms with Crippen molar-refractivity contribution in [1.82, 2.24) is 19.6 Å². The van der Waals surface area contributed by atoms with Gasteiger partial charge in [-0.2, -0.15) is 5.10 Å². The maximum absolute atomic E-state index is 12.8. The molecule has 0 spiro atoms. The Labute approximate surface area is 173 Å². The van der Waals surface area contributed by atoms with Crippen molar-refractivity contribution in [3.8, 4) is 0 Å². The van der Waals surface area contributed by atoms with Crippen molar-refractivity contribution in [2.45, 2.75) is 6.92 Å². The van der Waals surface area contributed by atoms with Crippen LogP contribution in [0.1, 0.15) is 27.8 Å². The summed E-state index contributed by atoms with van der Waals surface area (Å²) in [5, 5.41) is 7.27.